The zero-order chi connectivity index (χ0) is 13.0. The maximum absolute atomic E-state index is 5.80. The van der Waals surface area contributed by atoms with Crippen molar-refractivity contribution in [3.05, 3.63) is 42.2 Å². The summed E-state index contributed by atoms with van der Waals surface area (Å²) in [7, 11) is 3.59. The number of anilines is 2. The minimum Gasteiger partial charge on any atom is -0.496 e. The van der Waals surface area contributed by atoms with Crippen molar-refractivity contribution in [2.24, 2.45) is 0 Å². The number of para-hydroxylation sites is 1. The average Bonchev–Trinajstić information content (AvgIpc) is 2.39. The van der Waals surface area contributed by atoms with Crippen molar-refractivity contribution in [3.63, 3.8) is 0 Å². The first kappa shape index (κ1) is 12.2. The molecule has 2 N–H and O–H groups in total. The van der Waals surface area contributed by atoms with Crippen LogP contribution in [-0.2, 0) is 6.54 Å². The van der Waals surface area contributed by atoms with Gasteiger partial charge in [0.15, 0.2) is 11.6 Å². The molecule has 0 amide bonds. The summed E-state index contributed by atoms with van der Waals surface area (Å²) in [6, 6.07) is 7.87. The quantitative estimate of drug-likeness (QED) is 0.886. The Labute approximate surface area is 106 Å². The van der Waals surface area contributed by atoms with Crippen molar-refractivity contribution in [1.82, 2.24) is 9.97 Å². The van der Waals surface area contributed by atoms with Gasteiger partial charge in [-0.15, -0.1) is 0 Å². The number of nitrogen functional groups attached to an aromatic ring is 1. The summed E-state index contributed by atoms with van der Waals surface area (Å²) in [5, 5.41) is 0. The number of nitrogens with zero attached hydrogens (tertiary/aromatic N) is 3. The van der Waals surface area contributed by atoms with E-state index >= 15 is 0 Å². The topological polar surface area (TPSA) is 64.3 Å². The largest absolute Gasteiger partial charge is 0.496 e. The third-order valence-electron chi connectivity index (χ3n) is 2.67. The highest BCUT2D eigenvalue weighted by Gasteiger charge is 2.10. The molecule has 18 heavy (non-hydrogen) atoms. The lowest BCUT2D eigenvalue weighted by Gasteiger charge is -2.20. The molecule has 1 aromatic carbocycles. The Morgan fingerprint density at radius 3 is 2.67 bits per heavy atom. The number of hydrogen-bond donors (Lipinski definition) is 1. The van der Waals surface area contributed by atoms with Crippen LogP contribution in [0, 0.1) is 0 Å². The average molecular weight is 244 g/mol. The molecule has 0 aliphatic rings. The zero-order valence-electron chi connectivity index (χ0n) is 10.5. The van der Waals surface area contributed by atoms with Crippen LogP contribution in [0.15, 0.2) is 36.7 Å². The Balaban J connectivity index is 2.21. The van der Waals surface area contributed by atoms with E-state index in [2.05, 4.69) is 9.97 Å². The minimum atomic E-state index is 0.426. The number of aromatic nitrogens is 2. The molecule has 2 aromatic rings. The van der Waals surface area contributed by atoms with Crippen LogP contribution in [0.25, 0.3) is 0 Å². The van der Waals surface area contributed by atoms with E-state index in [1.54, 1.807) is 19.5 Å². The van der Waals surface area contributed by atoms with Gasteiger partial charge >= 0.3 is 0 Å². The van der Waals surface area contributed by atoms with Crippen molar-refractivity contribution >= 4 is 11.6 Å². The Hall–Kier alpha value is -2.30. The number of benzene rings is 1. The maximum Gasteiger partial charge on any atom is 0.171 e. The fraction of sp³-hybridized carbons (Fsp3) is 0.231. The first-order valence-electron chi connectivity index (χ1n) is 5.62. The van der Waals surface area contributed by atoms with E-state index in [1.165, 1.54) is 0 Å². The predicted octanol–water partition coefficient (Wildman–Crippen LogP) is 1.70. The molecule has 0 unspecified atom stereocenters. The molecule has 0 aliphatic heterocycles. The molecule has 0 atom stereocenters. The lowest BCUT2D eigenvalue weighted by molar-refractivity contribution is 0.409. The molecule has 0 fully saturated rings. The molecule has 5 heteroatoms. The maximum atomic E-state index is 5.80. The molecule has 0 bridgehead atoms. The van der Waals surface area contributed by atoms with Crippen LogP contribution in [-0.4, -0.2) is 24.1 Å². The fourth-order valence-corrected chi connectivity index (χ4v) is 1.80. The van der Waals surface area contributed by atoms with E-state index in [-0.39, 0.29) is 0 Å². The summed E-state index contributed by atoms with van der Waals surface area (Å²) in [4.78, 5) is 10.2. The second kappa shape index (κ2) is 5.35. The van der Waals surface area contributed by atoms with Gasteiger partial charge in [0.25, 0.3) is 0 Å². The summed E-state index contributed by atoms with van der Waals surface area (Å²) in [6.07, 6.45) is 3.21. The fourth-order valence-electron chi connectivity index (χ4n) is 1.80. The van der Waals surface area contributed by atoms with E-state index in [9.17, 15) is 0 Å². The van der Waals surface area contributed by atoms with Crippen molar-refractivity contribution in [1.29, 1.82) is 0 Å². The van der Waals surface area contributed by atoms with E-state index in [1.807, 2.05) is 36.2 Å². The Morgan fingerprint density at radius 2 is 1.94 bits per heavy atom. The van der Waals surface area contributed by atoms with Crippen molar-refractivity contribution in [3.8, 4) is 5.75 Å². The van der Waals surface area contributed by atoms with Gasteiger partial charge in [0.05, 0.1) is 7.11 Å². The third-order valence-corrected chi connectivity index (χ3v) is 2.67. The third kappa shape index (κ3) is 2.51. The van der Waals surface area contributed by atoms with Gasteiger partial charge in [-0.3, -0.25) is 0 Å². The Morgan fingerprint density at radius 1 is 1.22 bits per heavy atom. The van der Waals surface area contributed by atoms with Crippen LogP contribution < -0.4 is 15.4 Å². The molecule has 0 radical (unpaired) electrons. The molecule has 2 rings (SSSR count). The van der Waals surface area contributed by atoms with Crippen LogP contribution in [0.5, 0.6) is 5.75 Å². The molecule has 0 aliphatic carbocycles. The van der Waals surface area contributed by atoms with E-state index < -0.39 is 0 Å². The standard InChI is InChI=1S/C13H16N4O/c1-17(13-12(14)15-7-8-16-13)9-10-5-3-4-6-11(10)18-2/h3-8H,9H2,1-2H3,(H2,14,15). The van der Waals surface area contributed by atoms with Crippen molar-refractivity contribution in [2.45, 2.75) is 6.54 Å². The molecule has 1 heterocycles. The molecule has 5 nitrogen and oxygen atoms in total. The predicted molar refractivity (Wildman–Crippen MR) is 71.5 cm³/mol. The summed E-state index contributed by atoms with van der Waals surface area (Å²) in [5.41, 5.74) is 6.88. The summed E-state index contributed by atoms with van der Waals surface area (Å²) >= 11 is 0. The zero-order valence-corrected chi connectivity index (χ0v) is 10.5. The molecular formula is C13H16N4O. The van der Waals surface area contributed by atoms with Gasteiger partial charge in [0, 0.05) is 31.5 Å². The number of rotatable bonds is 4. The van der Waals surface area contributed by atoms with Crippen LogP contribution >= 0.6 is 0 Å². The number of ether oxygens (including phenoxy) is 1. The number of hydrogen-bond acceptors (Lipinski definition) is 5. The van der Waals surface area contributed by atoms with Crippen LogP contribution in [0.2, 0.25) is 0 Å². The highest BCUT2D eigenvalue weighted by molar-refractivity contribution is 5.57. The van der Waals surface area contributed by atoms with Gasteiger partial charge in [-0.1, -0.05) is 18.2 Å². The van der Waals surface area contributed by atoms with Gasteiger partial charge < -0.3 is 15.4 Å². The van der Waals surface area contributed by atoms with Crippen LogP contribution in [0.3, 0.4) is 0 Å². The van der Waals surface area contributed by atoms with Gasteiger partial charge in [0.1, 0.15) is 5.75 Å². The molecule has 94 valence electrons. The van der Waals surface area contributed by atoms with E-state index in [4.69, 9.17) is 10.5 Å². The Bertz CT molecular complexity index is 530. The molecule has 0 saturated heterocycles. The number of methoxy groups -OCH3 is 1. The molecule has 0 saturated carbocycles. The summed E-state index contributed by atoms with van der Waals surface area (Å²) in [5.74, 6) is 1.95. The normalized spacial score (nSPS) is 10.1. The highest BCUT2D eigenvalue weighted by atomic mass is 16.5. The smallest absolute Gasteiger partial charge is 0.171 e. The SMILES string of the molecule is COc1ccccc1CN(C)c1nccnc1N. The first-order valence-corrected chi connectivity index (χ1v) is 5.62. The minimum absolute atomic E-state index is 0.426. The van der Waals surface area contributed by atoms with Crippen molar-refractivity contribution < 1.29 is 4.74 Å². The lowest BCUT2D eigenvalue weighted by atomic mass is 10.2. The second-order valence-electron chi connectivity index (χ2n) is 3.93. The molecular weight excluding hydrogens is 228 g/mol. The van der Waals surface area contributed by atoms with Crippen molar-refractivity contribution in [2.75, 3.05) is 24.8 Å². The highest BCUT2D eigenvalue weighted by Crippen LogP contribution is 2.22. The van der Waals surface area contributed by atoms with Gasteiger partial charge in [-0.05, 0) is 6.07 Å². The van der Waals surface area contributed by atoms with E-state index in [0.717, 1.165) is 11.3 Å². The van der Waals surface area contributed by atoms with Gasteiger partial charge in [-0.2, -0.15) is 0 Å². The van der Waals surface area contributed by atoms with E-state index in [0.29, 0.717) is 18.2 Å². The summed E-state index contributed by atoms with van der Waals surface area (Å²) in [6.45, 7) is 0.660. The molecule has 1 aromatic heterocycles. The van der Waals surface area contributed by atoms with Crippen LogP contribution in [0.4, 0.5) is 11.6 Å². The van der Waals surface area contributed by atoms with Gasteiger partial charge in [-0.25, -0.2) is 9.97 Å². The summed E-state index contributed by atoms with van der Waals surface area (Å²) < 4.78 is 5.32. The van der Waals surface area contributed by atoms with Crippen LogP contribution in [0.1, 0.15) is 5.56 Å². The second-order valence-corrected chi connectivity index (χ2v) is 3.93. The monoisotopic (exact) mass is 244 g/mol. The number of nitrogens with two attached hydrogens (primary N) is 1. The van der Waals surface area contributed by atoms with Gasteiger partial charge in [0.2, 0.25) is 0 Å². The molecule has 0 spiro atoms. The first-order chi connectivity index (χ1) is 8.72. The Kier molecular flexibility index (Phi) is 3.62. The lowest BCUT2D eigenvalue weighted by Crippen LogP contribution is -2.20.